The third-order valence-electron chi connectivity index (χ3n) is 12.2. The summed E-state index contributed by atoms with van der Waals surface area (Å²) in [5, 5.41) is 14.3. The molecule has 6 heteroatoms. The zero-order chi connectivity index (χ0) is 31.1. The quantitative estimate of drug-likeness (QED) is 0.187. The summed E-state index contributed by atoms with van der Waals surface area (Å²) in [5.41, 5.74) is 16.3. The van der Waals surface area contributed by atoms with E-state index in [2.05, 4.69) is 80.3 Å². The molecule has 5 aliphatic rings. The number of likely N-dealkylation sites (tertiary alicyclic amines) is 1. The summed E-state index contributed by atoms with van der Waals surface area (Å²) in [6.07, 6.45) is 14.1. The second kappa shape index (κ2) is 12.9. The highest BCUT2D eigenvalue weighted by atomic mass is 15.2. The number of likely N-dealkylation sites (N-methyl/N-ethyl adjacent to an activating group) is 1. The number of anilines is 1. The first-order valence-electron chi connectivity index (χ1n) is 18.2. The summed E-state index contributed by atoms with van der Waals surface area (Å²) >= 11 is 0. The van der Waals surface area contributed by atoms with Gasteiger partial charge in [-0.2, -0.15) is 0 Å². The van der Waals surface area contributed by atoms with Gasteiger partial charge in [0.2, 0.25) is 0 Å². The molecule has 6 nitrogen and oxygen atoms in total. The fourth-order valence-corrected chi connectivity index (χ4v) is 9.95. The molecule has 3 fully saturated rings. The molecule has 8 rings (SSSR count). The van der Waals surface area contributed by atoms with Crippen LogP contribution < -0.4 is 21.3 Å². The lowest BCUT2D eigenvalue weighted by Crippen LogP contribution is -2.38. The summed E-state index contributed by atoms with van der Waals surface area (Å²) in [5.74, 6) is 0. The number of benzene rings is 3. The first kappa shape index (κ1) is 30.3. The minimum Gasteiger partial charge on any atom is -0.382 e. The van der Waals surface area contributed by atoms with E-state index >= 15 is 0 Å². The molecular weight excluding hydrogens is 564 g/mol. The van der Waals surface area contributed by atoms with E-state index < -0.39 is 0 Å². The lowest BCUT2D eigenvalue weighted by molar-refractivity contribution is 0.264. The van der Waals surface area contributed by atoms with Gasteiger partial charge in [-0.05, 0) is 146 Å². The third-order valence-corrected chi connectivity index (χ3v) is 12.2. The van der Waals surface area contributed by atoms with Crippen LogP contribution in [-0.4, -0.2) is 64.1 Å². The van der Waals surface area contributed by atoms with Gasteiger partial charge >= 0.3 is 0 Å². The normalized spacial score (nSPS) is 23.3. The molecule has 2 aliphatic heterocycles. The summed E-state index contributed by atoms with van der Waals surface area (Å²) < 4.78 is 0. The van der Waals surface area contributed by atoms with Gasteiger partial charge in [-0.1, -0.05) is 43.2 Å². The van der Waals surface area contributed by atoms with Crippen molar-refractivity contribution in [3.63, 3.8) is 0 Å². The smallest absolute Gasteiger partial charge is 0.0854 e. The monoisotopic (exact) mass is 616 g/mol. The molecule has 2 heterocycles. The Morgan fingerprint density at radius 3 is 2.57 bits per heavy atom. The predicted molar refractivity (Wildman–Crippen MR) is 193 cm³/mol. The van der Waals surface area contributed by atoms with Gasteiger partial charge in [0.05, 0.1) is 11.4 Å². The first-order valence-corrected chi connectivity index (χ1v) is 18.2. The molecule has 2 atom stereocenters. The fraction of sp³-hybridized carbons (Fsp3) is 0.525. The molecule has 2 unspecified atom stereocenters. The van der Waals surface area contributed by atoms with Crippen molar-refractivity contribution in [1.82, 2.24) is 20.9 Å². The Morgan fingerprint density at radius 2 is 1.74 bits per heavy atom. The Balaban J connectivity index is 1.17. The van der Waals surface area contributed by atoms with Gasteiger partial charge < -0.3 is 16.0 Å². The largest absolute Gasteiger partial charge is 0.382 e. The van der Waals surface area contributed by atoms with Crippen molar-refractivity contribution in [1.29, 1.82) is 0 Å². The van der Waals surface area contributed by atoms with Crippen LogP contribution in [0.5, 0.6) is 0 Å². The topological polar surface area (TPSA) is 63.7 Å². The standard InChI is InChI=1S/C40H52N6/c1-41-20-22-46-21-6-7-28(46)24-44-37-23-27(10-15-36(37)42-2)29-11-12-33(35-16-19-40(39(29)35)17-3-4-18-40)32-13-14-34(38-25-43-26-45-38)31-9-5-8-30(31)32/h10-15,23,28,38,41,43-45H,2-9,16-22,24-26H2,1H3. The number of nitrogens with one attached hydrogen (secondary N) is 4. The van der Waals surface area contributed by atoms with Crippen LogP contribution in [0, 0.1) is 0 Å². The van der Waals surface area contributed by atoms with Crippen molar-refractivity contribution < 1.29 is 0 Å². The van der Waals surface area contributed by atoms with Gasteiger partial charge in [0, 0.05) is 44.9 Å². The molecule has 0 amide bonds. The Bertz CT molecular complexity index is 1600. The maximum atomic E-state index is 4.44. The molecule has 1 saturated carbocycles. The average Bonchev–Trinajstić information content (AvgIpc) is 3.94. The summed E-state index contributed by atoms with van der Waals surface area (Å²) in [6, 6.07) is 17.8. The summed E-state index contributed by atoms with van der Waals surface area (Å²) in [6.45, 7) is 10.2. The van der Waals surface area contributed by atoms with Crippen LogP contribution in [0.1, 0.15) is 85.2 Å². The highest BCUT2D eigenvalue weighted by molar-refractivity contribution is 5.85. The van der Waals surface area contributed by atoms with Crippen molar-refractivity contribution >= 4 is 18.1 Å². The molecule has 3 aromatic carbocycles. The second-order valence-electron chi connectivity index (χ2n) is 14.6. The van der Waals surface area contributed by atoms with E-state index in [1.54, 1.807) is 22.3 Å². The van der Waals surface area contributed by atoms with Crippen molar-refractivity contribution in [2.24, 2.45) is 4.99 Å². The van der Waals surface area contributed by atoms with Gasteiger partial charge in [0.1, 0.15) is 0 Å². The Labute approximate surface area is 275 Å². The van der Waals surface area contributed by atoms with E-state index in [1.807, 2.05) is 7.05 Å². The maximum absolute atomic E-state index is 4.44. The molecule has 0 radical (unpaired) electrons. The number of fused-ring (bicyclic) bond motifs is 3. The van der Waals surface area contributed by atoms with Crippen molar-refractivity contribution in [3.8, 4) is 22.3 Å². The molecule has 0 aromatic heterocycles. The second-order valence-corrected chi connectivity index (χ2v) is 14.6. The molecule has 3 aliphatic carbocycles. The van der Waals surface area contributed by atoms with Gasteiger partial charge in [0.15, 0.2) is 0 Å². The number of rotatable bonds is 10. The van der Waals surface area contributed by atoms with Crippen LogP contribution in [0.2, 0.25) is 0 Å². The third kappa shape index (κ3) is 5.32. The van der Waals surface area contributed by atoms with E-state index in [4.69, 9.17) is 0 Å². The lowest BCUT2D eigenvalue weighted by Gasteiger charge is -2.29. The first-order chi connectivity index (χ1) is 22.7. The Morgan fingerprint density at radius 1 is 0.913 bits per heavy atom. The molecular formula is C40H52N6. The van der Waals surface area contributed by atoms with E-state index in [0.717, 1.165) is 44.2 Å². The maximum Gasteiger partial charge on any atom is 0.0854 e. The van der Waals surface area contributed by atoms with Crippen LogP contribution in [0.15, 0.2) is 47.5 Å². The van der Waals surface area contributed by atoms with Gasteiger partial charge in [-0.25, -0.2) is 0 Å². The van der Waals surface area contributed by atoms with Gasteiger partial charge in [-0.15, -0.1) is 0 Å². The minimum absolute atomic E-state index is 0.323. The summed E-state index contributed by atoms with van der Waals surface area (Å²) in [4.78, 5) is 7.07. The van der Waals surface area contributed by atoms with Gasteiger partial charge in [0.25, 0.3) is 0 Å². The van der Waals surface area contributed by atoms with E-state index in [9.17, 15) is 0 Å². The molecule has 3 aromatic rings. The molecule has 46 heavy (non-hydrogen) atoms. The van der Waals surface area contributed by atoms with Crippen LogP contribution in [0.25, 0.3) is 22.3 Å². The van der Waals surface area contributed by atoms with Crippen LogP contribution in [0.4, 0.5) is 11.4 Å². The average molecular weight is 617 g/mol. The number of aliphatic imine (C=N–C) groups is 1. The molecule has 4 N–H and O–H groups in total. The molecule has 2 saturated heterocycles. The van der Waals surface area contributed by atoms with Crippen molar-refractivity contribution in [2.45, 2.75) is 88.1 Å². The Kier molecular flexibility index (Phi) is 8.48. The van der Waals surface area contributed by atoms with Crippen LogP contribution in [-0.2, 0) is 24.7 Å². The lowest BCUT2D eigenvalue weighted by atomic mass is 9.75. The minimum atomic E-state index is 0.323. The predicted octanol–water partition coefficient (Wildman–Crippen LogP) is 6.89. The van der Waals surface area contributed by atoms with Crippen LogP contribution >= 0.6 is 0 Å². The van der Waals surface area contributed by atoms with Crippen molar-refractivity contribution in [2.75, 3.05) is 51.8 Å². The van der Waals surface area contributed by atoms with Gasteiger partial charge in [-0.3, -0.25) is 15.2 Å². The fourth-order valence-electron chi connectivity index (χ4n) is 9.95. The summed E-state index contributed by atoms with van der Waals surface area (Å²) in [7, 11) is 2.05. The highest BCUT2D eigenvalue weighted by Crippen LogP contribution is 2.56. The SMILES string of the molecule is C=Nc1ccc(-c2ccc(-c3ccc(C4CNCN4)c4c3CCC4)c3c2C2(CCCC2)CC3)cc1NCC1CCCN1CCNC. The van der Waals surface area contributed by atoms with Crippen LogP contribution in [0.3, 0.4) is 0 Å². The number of hydrogen-bond donors (Lipinski definition) is 4. The highest BCUT2D eigenvalue weighted by Gasteiger charge is 2.44. The Hall–Kier alpha value is -3.03. The van der Waals surface area contributed by atoms with E-state index in [1.165, 1.54) is 105 Å². The molecule has 242 valence electrons. The molecule has 0 bridgehead atoms. The van der Waals surface area contributed by atoms with E-state index in [-0.39, 0.29) is 0 Å². The zero-order valence-corrected chi connectivity index (χ0v) is 27.8. The van der Waals surface area contributed by atoms with Crippen molar-refractivity contribution in [3.05, 3.63) is 70.3 Å². The zero-order valence-electron chi connectivity index (χ0n) is 27.8. The number of nitrogens with zero attached hydrogens (tertiary/aromatic N) is 2. The van der Waals surface area contributed by atoms with E-state index in [0.29, 0.717) is 17.5 Å². The number of hydrogen-bond acceptors (Lipinski definition) is 6. The molecule has 1 spiro atoms.